The van der Waals surface area contributed by atoms with Gasteiger partial charge < -0.3 is 20.4 Å². The Morgan fingerprint density at radius 1 is 0.935 bits per heavy atom. The standard InChI is InChI=1S/C25H23N5O/c1-15-12-19(17-8-4-3-5-9-17)23(29-15)16(2)30-25-22-20(13-26-24(22)27-14-28-25)18-10-6-7-11-21(18)31/h3-14,16,29,31H,1-2H3,(H2,26,27,28,30)/t16-/m0/s1. The van der Waals surface area contributed by atoms with Crippen LogP contribution >= 0.6 is 0 Å². The summed E-state index contributed by atoms with van der Waals surface area (Å²) in [6.07, 6.45) is 3.40. The van der Waals surface area contributed by atoms with E-state index in [2.05, 4.69) is 57.3 Å². The van der Waals surface area contributed by atoms with Gasteiger partial charge in [0.05, 0.1) is 11.4 Å². The number of aromatic amines is 2. The Hall–Kier alpha value is -4.06. The number of anilines is 1. The molecule has 5 aromatic rings. The summed E-state index contributed by atoms with van der Waals surface area (Å²) in [7, 11) is 0. The number of phenolic OH excluding ortho intramolecular Hbond substituents is 1. The summed E-state index contributed by atoms with van der Waals surface area (Å²) in [5, 5.41) is 14.8. The Balaban J connectivity index is 1.57. The number of nitrogens with one attached hydrogen (secondary N) is 3. The van der Waals surface area contributed by atoms with Crippen molar-refractivity contribution in [3.63, 3.8) is 0 Å². The van der Waals surface area contributed by atoms with Gasteiger partial charge in [-0.05, 0) is 31.5 Å². The molecule has 4 N–H and O–H groups in total. The van der Waals surface area contributed by atoms with Crippen LogP contribution in [0.1, 0.15) is 24.4 Å². The molecule has 0 bridgehead atoms. The SMILES string of the molecule is Cc1cc(-c2ccccc2)c([C@H](C)Nc2ncnc3[nH]cc(-c4ccccc4O)c23)[nH]1. The van der Waals surface area contributed by atoms with Gasteiger partial charge in [-0.15, -0.1) is 0 Å². The van der Waals surface area contributed by atoms with Gasteiger partial charge in [-0.25, -0.2) is 9.97 Å². The van der Waals surface area contributed by atoms with Gasteiger partial charge in [0.25, 0.3) is 0 Å². The van der Waals surface area contributed by atoms with E-state index >= 15 is 0 Å². The third-order valence-electron chi connectivity index (χ3n) is 5.52. The van der Waals surface area contributed by atoms with Crippen molar-refractivity contribution in [2.24, 2.45) is 0 Å². The average Bonchev–Trinajstić information content (AvgIpc) is 3.39. The lowest BCUT2D eigenvalue weighted by molar-refractivity contribution is 0.477. The van der Waals surface area contributed by atoms with E-state index in [4.69, 9.17) is 0 Å². The van der Waals surface area contributed by atoms with Crippen molar-refractivity contribution in [2.45, 2.75) is 19.9 Å². The normalized spacial score (nSPS) is 12.2. The van der Waals surface area contributed by atoms with Crippen LogP contribution < -0.4 is 5.32 Å². The number of phenols is 1. The Labute approximate surface area is 180 Å². The van der Waals surface area contributed by atoms with Crippen LogP contribution in [0.3, 0.4) is 0 Å². The van der Waals surface area contributed by atoms with E-state index < -0.39 is 0 Å². The van der Waals surface area contributed by atoms with Crippen LogP contribution in [0.25, 0.3) is 33.3 Å². The third kappa shape index (κ3) is 3.42. The summed E-state index contributed by atoms with van der Waals surface area (Å²) in [5.74, 6) is 0.931. The topological polar surface area (TPSA) is 89.6 Å². The number of hydrogen-bond donors (Lipinski definition) is 4. The number of aromatic nitrogens is 4. The van der Waals surface area contributed by atoms with Crippen molar-refractivity contribution in [3.05, 3.63) is 84.6 Å². The van der Waals surface area contributed by atoms with Crippen molar-refractivity contribution >= 4 is 16.9 Å². The molecule has 0 amide bonds. The first-order valence-corrected chi connectivity index (χ1v) is 10.2. The van der Waals surface area contributed by atoms with Gasteiger partial charge >= 0.3 is 0 Å². The summed E-state index contributed by atoms with van der Waals surface area (Å²) < 4.78 is 0. The monoisotopic (exact) mass is 409 g/mol. The fourth-order valence-electron chi connectivity index (χ4n) is 4.07. The lowest BCUT2D eigenvalue weighted by atomic mass is 10.0. The van der Waals surface area contributed by atoms with Gasteiger partial charge in [0.2, 0.25) is 0 Å². The molecule has 0 spiro atoms. The summed E-state index contributed by atoms with van der Waals surface area (Å²) >= 11 is 0. The van der Waals surface area contributed by atoms with Crippen LogP contribution in [0.5, 0.6) is 5.75 Å². The van der Waals surface area contributed by atoms with E-state index in [1.54, 1.807) is 12.4 Å². The lowest BCUT2D eigenvalue weighted by Gasteiger charge is -2.17. The number of hydrogen-bond acceptors (Lipinski definition) is 4. The minimum atomic E-state index is -0.0332. The van der Waals surface area contributed by atoms with Crippen LogP contribution in [0.4, 0.5) is 5.82 Å². The third-order valence-corrected chi connectivity index (χ3v) is 5.52. The zero-order valence-corrected chi connectivity index (χ0v) is 17.3. The van der Waals surface area contributed by atoms with Gasteiger partial charge in [0, 0.05) is 34.3 Å². The highest BCUT2D eigenvalue weighted by Crippen LogP contribution is 2.38. The van der Waals surface area contributed by atoms with Crippen molar-refractivity contribution in [1.29, 1.82) is 0 Å². The second-order valence-electron chi connectivity index (χ2n) is 7.68. The first-order valence-electron chi connectivity index (χ1n) is 10.2. The number of rotatable bonds is 5. The highest BCUT2D eigenvalue weighted by Gasteiger charge is 2.19. The second-order valence-corrected chi connectivity index (χ2v) is 7.68. The van der Waals surface area contributed by atoms with E-state index in [1.807, 2.05) is 42.6 Å². The fraction of sp³-hybridized carbons (Fsp3) is 0.120. The average molecular weight is 409 g/mol. The molecule has 0 aliphatic rings. The van der Waals surface area contributed by atoms with E-state index in [9.17, 15) is 5.11 Å². The number of aromatic hydroxyl groups is 1. The highest BCUT2D eigenvalue weighted by molar-refractivity contribution is 6.02. The second kappa shape index (κ2) is 7.65. The molecule has 6 heteroatoms. The molecule has 0 saturated carbocycles. The maximum Gasteiger partial charge on any atom is 0.143 e. The highest BCUT2D eigenvalue weighted by atomic mass is 16.3. The van der Waals surface area contributed by atoms with Gasteiger partial charge in [-0.2, -0.15) is 0 Å². The fourth-order valence-corrected chi connectivity index (χ4v) is 4.07. The number of aryl methyl sites for hydroxylation is 1. The molecule has 31 heavy (non-hydrogen) atoms. The van der Waals surface area contributed by atoms with Gasteiger partial charge in [0.15, 0.2) is 0 Å². The quantitative estimate of drug-likeness (QED) is 0.295. The Morgan fingerprint density at radius 3 is 2.52 bits per heavy atom. The van der Waals surface area contributed by atoms with E-state index in [-0.39, 0.29) is 11.8 Å². The summed E-state index contributed by atoms with van der Waals surface area (Å²) in [6, 6.07) is 19.8. The first-order chi connectivity index (χ1) is 15.1. The number of benzene rings is 2. The van der Waals surface area contributed by atoms with Crippen LogP contribution in [0.2, 0.25) is 0 Å². The Morgan fingerprint density at radius 2 is 1.71 bits per heavy atom. The van der Waals surface area contributed by atoms with Crippen molar-refractivity contribution in [3.8, 4) is 28.0 Å². The van der Waals surface area contributed by atoms with Gasteiger partial charge in [-0.1, -0.05) is 48.5 Å². The molecule has 5 rings (SSSR count). The summed E-state index contributed by atoms with van der Waals surface area (Å²) in [5.41, 5.74) is 6.84. The minimum Gasteiger partial charge on any atom is -0.507 e. The number of H-pyrrole nitrogens is 2. The predicted octanol–water partition coefficient (Wildman–Crippen LogP) is 5.81. The maximum atomic E-state index is 10.4. The molecule has 3 aromatic heterocycles. The molecular formula is C25H23N5O. The largest absolute Gasteiger partial charge is 0.507 e. The zero-order chi connectivity index (χ0) is 21.4. The molecule has 2 aromatic carbocycles. The molecule has 154 valence electrons. The molecule has 0 fully saturated rings. The van der Waals surface area contributed by atoms with Crippen LogP contribution in [0, 0.1) is 6.92 Å². The van der Waals surface area contributed by atoms with Gasteiger partial charge in [-0.3, -0.25) is 0 Å². The van der Waals surface area contributed by atoms with Crippen LogP contribution in [-0.2, 0) is 0 Å². The lowest BCUT2D eigenvalue weighted by Crippen LogP contribution is -2.10. The first kappa shape index (κ1) is 18.9. The maximum absolute atomic E-state index is 10.4. The number of para-hydroxylation sites is 1. The molecule has 0 aliphatic carbocycles. The molecule has 6 nitrogen and oxygen atoms in total. The molecule has 3 heterocycles. The summed E-state index contributed by atoms with van der Waals surface area (Å²) in [6.45, 7) is 4.17. The van der Waals surface area contributed by atoms with Crippen molar-refractivity contribution in [2.75, 3.05) is 5.32 Å². The summed E-state index contributed by atoms with van der Waals surface area (Å²) in [4.78, 5) is 15.6. The molecule has 0 radical (unpaired) electrons. The molecule has 1 atom stereocenters. The minimum absolute atomic E-state index is 0.0332. The predicted molar refractivity (Wildman–Crippen MR) is 124 cm³/mol. The van der Waals surface area contributed by atoms with Gasteiger partial charge in [0.1, 0.15) is 23.5 Å². The van der Waals surface area contributed by atoms with E-state index in [1.165, 1.54) is 11.1 Å². The van der Waals surface area contributed by atoms with Crippen LogP contribution in [-0.4, -0.2) is 25.0 Å². The molecule has 0 aliphatic heterocycles. The zero-order valence-electron chi connectivity index (χ0n) is 17.3. The van der Waals surface area contributed by atoms with Crippen LogP contribution in [0.15, 0.2) is 73.2 Å². The van der Waals surface area contributed by atoms with E-state index in [0.29, 0.717) is 11.5 Å². The molecular weight excluding hydrogens is 386 g/mol. The number of nitrogens with zero attached hydrogens (tertiary/aromatic N) is 2. The van der Waals surface area contributed by atoms with E-state index in [0.717, 1.165) is 27.9 Å². The molecule has 0 saturated heterocycles. The Bertz CT molecular complexity index is 1350. The van der Waals surface area contributed by atoms with Crippen molar-refractivity contribution in [1.82, 2.24) is 19.9 Å². The van der Waals surface area contributed by atoms with Crippen molar-refractivity contribution < 1.29 is 5.11 Å². The smallest absolute Gasteiger partial charge is 0.143 e. The molecule has 0 unspecified atom stereocenters. The Kier molecular flexibility index (Phi) is 4.67. The number of fused-ring (bicyclic) bond motifs is 1.